The molecule has 4 rings (SSSR count). The molecule has 29 heavy (non-hydrogen) atoms. The molecule has 0 unspecified atom stereocenters. The molecular weight excluding hydrogens is 375 g/mol. The van der Waals surface area contributed by atoms with Gasteiger partial charge in [0.1, 0.15) is 12.1 Å². The fraction of sp³-hybridized carbons (Fsp3) is 0.524. The number of ether oxygens (including phenoxy) is 1. The molecule has 0 N–H and O–H groups in total. The van der Waals surface area contributed by atoms with Crippen LogP contribution in [0.3, 0.4) is 0 Å². The average molecular weight is 402 g/mol. The summed E-state index contributed by atoms with van der Waals surface area (Å²) in [5, 5.41) is 0. The van der Waals surface area contributed by atoms with E-state index in [9.17, 15) is 9.18 Å². The van der Waals surface area contributed by atoms with E-state index in [2.05, 4.69) is 14.8 Å². The summed E-state index contributed by atoms with van der Waals surface area (Å²) in [5.41, 5.74) is 0.968. The van der Waals surface area contributed by atoms with Gasteiger partial charge in [-0.2, -0.15) is 0 Å². The first-order valence-electron chi connectivity index (χ1n) is 10.1. The van der Waals surface area contributed by atoms with E-state index in [1.807, 2.05) is 12.1 Å². The third-order valence-corrected chi connectivity index (χ3v) is 5.54. The molecule has 2 aliphatic rings. The van der Waals surface area contributed by atoms with Gasteiger partial charge in [0.2, 0.25) is 5.89 Å². The molecule has 0 saturated carbocycles. The number of halogens is 1. The summed E-state index contributed by atoms with van der Waals surface area (Å²) < 4.78 is 25.1. The standard InChI is InChI=1S/C21H27FN4O3/c1-24(13-16-5-4-12-28-16)21(27)18-15-29-20(23-18)14-25-8-10-26(11-9-25)19-7-3-2-6-17(19)22/h2-3,6-7,15-16H,4-5,8-14H2,1H3/t16-/m1/s1. The van der Waals surface area contributed by atoms with Gasteiger partial charge in [0.15, 0.2) is 5.69 Å². The molecule has 0 aliphatic carbocycles. The van der Waals surface area contributed by atoms with Crippen molar-refractivity contribution in [2.75, 3.05) is 51.3 Å². The fourth-order valence-corrected chi connectivity index (χ4v) is 3.90. The summed E-state index contributed by atoms with van der Waals surface area (Å²) >= 11 is 0. The zero-order valence-corrected chi connectivity index (χ0v) is 16.7. The minimum Gasteiger partial charge on any atom is -0.447 e. The maximum absolute atomic E-state index is 14.0. The van der Waals surface area contributed by atoms with Crippen molar-refractivity contribution in [2.24, 2.45) is 0 Å². The summed E-state index contributed by atoms with van der Waals surface area (Å²) in [6.45, 7) is 4.89. The molecular formula is C21H27FN4O3. The zero-order chi connectivity index (χ0) is 20.2. The molecule has 0 spiro atoms. The second kappa shape index (κ2) is 8.92. The Morgan fingerprint density at radius 3 is 2.79 bits per heavy atom. The Labute approximate surface area is 170 Å². The molecule has 0 radical (unpaired) electrons. The highest BCUT2D eigenvalue weighted by Crippen LogP contribution is 2.21. The Morgan fingerprint density at radius 2 is 2.07 bits per heavy atom. The van der Waals surface area contributed by atoms with Crippen molar-refractivity contribution in [3.05, 3.63) is 47.9 Å². The molecule has 156 valence electrons. The molecule has 8 heteroatoms. The normalized spacial score (nSPS) is 20.2. The Bertz CT molecular complexity index is 829. The van der Waals surface area contributed by atoms with Crippen LogP contribution in [0.2, 0.25) is 0 Å². The van der Waals surface area contributed by atoms with Crippen molar-refractivity contribution in [1.29, 1.82) is 0 Å². The van der Waals surface area contributed by atoms with E-state index in [0.29, 0.717) is 30.4 Å². The summed E-state index contributed by atoms with van der Waals surface area (Å²) in [6, 6.07) is 6.85. The van der Waals surface area contributed by atoms with Gasteiger partial charge in [-0.15, -0.1) is 0 Å². The highest BCUT2D eigenvalue weighted by Gasteiger charge is 2.24. The number of amides is 1. The van der Waals surface area contributed by atoms with Crippen molar-refractivity contribution >= 4 is 11.6 Å². The van der Waals surface area contributed by atoms with E-state index < -0.39 is 0 Å². The molecule has 1 amide bonds. The van der Waals surface area contributed by atoms with Crippen molar-refractivity contribution < 1.29 is 18.3 Å². The molecule has 1 atom stereocenters. The van der Waals surface area contributed by atoms with Crippen LogP contribution in [0.4, 0.5) is 10.1 Å². The van der Waals surface area contributed by atoms with Gasteiger partial charge in [-0.05, 0) is 25.0 Å². The molecule has 1 aromatic carbocycles. The highest BCUT2D eigenvalue weighted by atomic mass is 19.1. The van der Waals surface area contributed by atoms with Crippen LogP contribution in [0.25, 0.3) is 0 Å². The zero-order valence-electron chi connectivity index (χ0n) is 16.7. The smallest absolute Gasteiger partial charge is 0.275 e. The van der Waals surface area contributed by atoms with Gasteiger partial charge < -0.3 is 19.0 Å². The largest absolute Gasteiger partial charge is 0.447 e. The first-order valence-corrected chi connectivity index (χ1v) is 10.1. The number of oxazole rings is 1. The molecule has 2 fully saturated rings. The summed E-state index contributed by atoms with van der Waals surface area (Å²) in [6.07, 6.45) is 3.58. The lowest BCUT2D eigenvalue weighted by Gasteiger charge is -2.35. The Morgan fingerprint density at radius 1 is 1.28 bits per heavy atom. The number of nitrogens with zero attached hydrogens (tertiary/aromatic N) is 4. The monoisotopic (exact) mass is 402 g/mol. The second-order valence-corrected chi connectivity index (χ2v) is 7.66. The Balaban J connectivity index is 1.28. The van der Waals surface area contributed by atoms with Crippen LogP contribution in [0.5, 0.6) is 0 Å². The van der Waals surface area contributed by atoms with Gasteiger partial charge in [-0.3, -0.25) is 9.69 Å². The van der Waals surface area contributed by atoms with Crippen LogP contribution >= 0.6 is 0 Å². The number of hydrogen-bond acceptors (Lipinski definition) is 6. The number of para-hydroxylation sites is 1. The molecule has 2 aromatic rings. The van der Waals surface area contributed by atoms with Crippen LogP contribution < -0.4 is 4.90 Å². The first-order chi connectivity index (χ1) is 14.1. The predicted molar refractivity (Wildman–Crippen MR) is 106 cm³/mol. The van der Waals surface area contributed by atoms with Gasteiger partial charge in [0.05, 0.1) is 18.3 Å². The first kappa shape index (κ1) is 19.8. The summed E-state index contributed by atoms with van der Waals surface area (Å²) in [7, 11) is 1.76. The number of likely N-dealkylation sites (N-methyl/N-ethyl adjacent to an activating group) is 1. The summed E-state index contributed by atoms with van der Waals surface area (Å²) in [4.78, 5) is 22.8. The minimum absolute atomic E-state index is 0.112. The van der Waals surface area contributed by atoms with E-state index >= 15 is 0 Å². The fourth-order valence-electron chi connectivity index (χ4n) is 3.90. The van der Waals surface area contributed by atoms with Crippen molar-refractivity contribution in [2.45, 2.75) is 25.5 Å². The number of hydrogen-bond donors (Lipinski definition) is 0. The number of anilines is 1. The van der Waals surface area contributed by atoms with E-state index in [0.717, 1.165) is 45.6 Å². The molecule has 3 heterocycles. The van der Waals surface area contributed by atoms with Crippen molar-refractivity contribution in [3.8, 4) is 0 Å². The van der Waals surface area contributed by atoms with Gasteiger partial charge in [0.25, 0.3) is 5.91 Å². The van der Waals surface area contributed by atoms with Crippen LogP contribution in [0.1, 0.15) is 29.2 Å². The second-order valence-electron chi connectivity index (χ2n) is 7.66. The minimum atomic E-state index is -0.191. The van der Waals surface area contributed by atoms with Gasteiger partial charge >= 0.3 is 0 Å². The number of carbonyl (C=O) groups is 1. The molecule has 2 saturated heterocycles. The SMILES string of the molecule is CN(C[C@H]1CCCO1)C(=O)c1coc(CN2CCN(c3ccccc3F)CC2)n1. The van der Waals surface area contributed by atoms with Crippen LogP contribution in [-0.4, -0.2) is 73.2 Å². The highest BCUT2D eigenvalue weighted by molar-refractivity contribution is 5.91. The lowest BCUT2D eigenvalue weighted by atomic mass is 10.2. The van der Waals surface area contributed by atoms with Crippen LogP contribution in [0, 0.1) is 5.82 Å². The lowest BCUT2D eigenvalue weighted by Crippen LogP contribution is -2.46. The van der Waals surface area contributed by atoms with Gasteiger partial charge in [-0.25, -0.2) is 9.37 Å². The lowest BCUT2D eigenvalue weighted by molar-refractivity contribution is 0.0582. The number of aromatic nitrogens is 1. The molecule has 1 aromatic heterocycles. The molecule has 0 bridgehead atoms. The van der Waals surface area contributed by atoms with E-state index in [4.69, 9.17) is 9.15 Å². The third kappa shape index (κ3) is 4.76. The Kier molecular flexibility index (Phi) is 6.10. The van der Waals surface area contributed by atoms with E-state index in [1.54, 1.807) is 18.0 Å². The van der Waals surface area contributed by atoms with Gasteiger partial charge in [0, 0.05) is 46.4 Å². The Hall–Kier alpha value is -2.45. The quantitative estimate of drug-likeness (QED) is 0.739. The maximum Gasteiger partial charge on any atom is 0.275 e. The number of benzene rings is 1. The van der Waals surface area contributed by atoms with E-state index in [-0.39, 0.29) is 17.8 Å². The maximum atomic E-state index is 14.0. The van der Waals surface area contributed by atoms with Crippen LogP contribution in [0.15, 0.2) is 34.9 Å². The topological polar surface area (TPSA) is 62.1 Å². The average Bonchev–Trinajstić information content (AvgIpc) is 3.41. The number of piperazine rings is 1. The number of carbonyl (C=O) groups excluding carboxylic acids is 1. The van der Waals surface area contributed by atoms with Crippen LogP contribution in [-0.2, 0) is 11.3 Å². The van der Waals surface area contributed by atoms with Crippen molar-refractivity contribution in [1.82, 2.24) is 14.8 Å². The third-order valence-electron chi connectivity index (χ3n) is 5.54. The number of rotatable bonds is 6. The molecule has 7 nitrogen and oxygen atoms in total. The predicted octanol–water partition coefficient (Wildman–Crippen LogP) is 2.39. The van der Waals surface area contributed by atoms with E-state index in [1.165, 1.54) is 12.3 Å². The van der Waals surface area contributed by atoms with Gasteiger partial charge in [-0.1, -0.05) is 12.1 Å². The van der Waals surface area contributed by atoms with Crippen molar-refractivity contribution in [3.63, 3.8) is 0 Å². The molecule has 2 aliphatic heterocycles. The summed E-state index contributed by atoms with van der Waals surface area (Å²) in [5.74, 6) is 0.182.